The fourth-order valence-corrected chi connectivity index (χ4v) is 3.84. The molecule has 30 heavy (non-hydrogen) atoms. The molecule has 2 aromatic carbocycles. The Bertz CT molecular complexity index is 1270. The smallest absolute Gasteiger partial charge is 0.322 e. The Kier molecular flexibility index (Phi) is 4.71. The van der Waals surface area contributed by atoms with E-state index in [9.17, 15) is 4.79 Å². The molecule has 0 spiro atoms. The SMILES string of the molecule is O=C(Nc1nnc(-c2ccco2)o1)c1cc(-c2ccc(-c3ccccc3)cc2)cs1. The molecule has 146 valence electrons. The van der Waals surface area contributed by atoms with Crippen molar-refractivity contribution in [3.05, 3.63) is 89.3 Å². The summed E-state index contributed by atoms with van der Waals surface area (Å²) in [5, 5.41) is 12.3. The third kappa shape index (κ3) is 3.66. The first-order valence-corrected chi connectivity index (χ1v) is 10.1. The number of thiophene rings is 1. The van der Waals surface area contributed by atoms with Crippen molar-refractivity contribution in [1.29, 1.82) is 0 Å². The first-order chi connectivity index (χ1) is 14.8. The Labute approximate surface area is 175 Å². The van der Waals surface area contributed by atoms with Gasteiger partial charge in [-0.25, -0.2) is 0 Å². The molecule has 0 unspecified atom stereocenters. The van der Waals surface area contributed by atoms with Crippen molar-refractivity contribution >= 4 is 23.3 Å². The summed E-state index contributed by atoms with van der Waals surface area (Å²) in [4.78, 5) is 13.1. The maximum Gasteiger partial charge on any atom is 0.322 e. The third-order valence-electron chi connectivity index (χ3n) is 4.53. The van der Waals surface area contributed by atoms with Gasteiger partial charge < -0.3 is 8.83 Å². The zero-order valence-electron chi connectivity index (χ0n) is 15.6. The molecule has 7 heteroatoms. The van der Waals surface area contributed by atoms with E-state index in [1.54, 1.807) is 12.1 Å². The lowest BCUT2D eigenvalue weighted by Crippen LogP contribution is -2.10. The van der Waals surface area contributed by atoms with Crippen LogP contribution in [0.1, 0.15) is 9.67 Å². The minimum atomic E-state index is -0.304. The lowest BCUT2D eigenvalue weighted by atomic mass is 10.0. The van der Waals surface area contributed by atoms with E-state index in [-0.39, 0.29) is 17.8 Å². The van der Waals surface area contributed by atoms with Crippen molar-refractivity contribution in [2.75, 3.05) is 5.32 Å². The summed E-state index contributed by atoms with van der Waals surface area (Å²) in [6.07, 6.45) is 1.51. The Balaban J connectivity index is 1.30. The molecule has 0 bridgehead atoms. The second-order valence-electron chi connectivity index (χ2n) is 6.49. The molecule has 0 atom stereocenters. The lowest BCUT2D eigenvalue weighted by molar-refractivity contribution is 0.102. The zero-order chi connectivity index (χ0) is 20.3. The standard InChI is InChI=1S/C23H15N3O3S/c27-21(24-23-26-25-22(29-23)19-7-4-12-28-19)20-13-18(14-30-20)17-10-8-16(9-11-17)15-5-2-1-3-6-15/h1-14H,(H,24,26,27). The molecular weight excluding hydrogens is 398 g/mol. The van der Waals surface area contributed by atoms with E-state index < -0.39 is 0 Å². The van der Waals surface area contributed by atoms with Crippen molar-refractivity contribution in [2.24, 2.45) is 0 Å². The number of carbonyl (C=O) groups is 1. The first-order valence-electron chi connectivity index (χ1n) is 9.19. The molecule has 0 aliphatic carbocycles. The van der Waals surface area contributed by atoms with Gasteiger partial charge in [-0.2, -0.15) is 0 Å². The average molecular weight is 413 g/mol. The average Bonchev–Trinajstić information content (AvgIpc) is 3.56. The summed E-state index contributed by atoms with van der Waals surface area (Å²) in [6.45, 7) is 0. The lowest BCUT2D eigenvalue weighted by Gasteiger charge is -2.03. The number of nitrogens with one attached hydrogen (secondary N) is 1. The first kappa shape index (κ1) is 18.1. The third-order valence-corrected chi connectivity index (χ3v) is 5.45. The van der Waals surface area contributed by atoms with Gasteiger partial charge in [0.05, 0.1) is 11.1 Å². The summed E-state index contributed by atoms with van der Waals surface area (Å²) in [5.41, 5.74) is 4.34. The molecule has 3 aromatic heterocycles. The van der Waals surface area contributed by atoms with Crippen molar-refractivity contribution in [2.45, 2.75) is 0 Å². The summed E-state index contributed by atoms with van der Waals surface area (Å²) >= 11 is 1.36. The fourth-order valence-electron chi connectivity index (χ4n) is 3.02. The second-order valence-corrected chi connectivity index (χ2v) is 7.40. The van der Waals surface area contributed by atoms with E-state index >= 15 is 0 Å². The molecule has 0 saturated heterocycles. The predicted molar refractivity (Wildman–Crippen MR) is 115 cm³/mol. The quantitative estimate of drug-likeness (QED) is 0.383. The van der Waals surface area contributed by atoms with Gasteiger partial charge in [0, 0.05) is 0 Å². The molecule has 1 N–H and O–H groups in total. The Morgan fingerprint density at radius 3 is 2.30 bits per heavy atom. The molecule has 5 aromatic rings. The van der Waals surface area contributed by atoms with Gasteiger partial charge in [-0.05, 0) is 45.8 Å². The van der Waals surface area contributed by atoms with Gasteiger partial charge in [-0.1, -0.05) is 59.7 Å². The molecule has 0 aliphatic rings. The summed E-state index contributed by atoms with van der Waals surface area (Å²) in [5.74, 6) is 0.350. The molecule has 0 saturated carbocycles. The Morgan fingerprint density at radius 2 is 1.57 bits per heavy atom. The highest BCUT2D eigenvalue weighted by Crippen LogP contribution is 2.29. The Morgan fingerprint density at radius 1 is 0.833 bits per heavy atom. The van der Waals surface area contributed by atoms with Crippen molar-refractivity contribution in [3.63, 3.8) is 0 Å². The van der Waals surface area contributed by atoms with E-state index in [0.29, 0.717) is 10.6 Å². The topological polar surface area (TPSA) is 81.2 Å². The maximum atomic E-state index is 12.5. The van der Waals surface area contributed by atoms with E-state index in [0.717, 1.165) is 16.7 Å². The predicted octanol–water partition coefficient (Wildman–Crippen LogP) is 5.98. The number of anilines is 1. The van der Waals surface area contributed by atoms with Gasteiger partial charge >= 0.3 is 6.01 Å². The van der Waals surface area contributed by atoms with E-state index in [1.165, 1.54) is 23.2 Å². The molecular formula is C23H15N3O3S. The highest BCUT2D eigenvalue weighted by molar-refractivity contribution is 7.12. The summed E-state index contributed by atoms with van der Waals surface area (Å²) in [6, 6.07) is 23.8. The highest BCUT2D eigenvalue weighted by atomic mass is 32.1. The number of nitrogens with zero attached hydrogens (tertiary/aromatic N) is 2. The monoisotopic (exact) mass is 413 g/mol. The minimum absolute atomic E-state index is 0.0218. The Hall–Kier alpha value is -3.97. The van der Waals surface area contributed by atoms with Crippen LogP contribution in [0.2, 0.25) is 0 Å². The van der Waals surface area contributed by atoms with Crippen molar-refractivity contribution in [3.8, 4) is 33.9 Å². The number of carbonyl (C=O) groups excluding carboxylic acids is 1. The van der Waals surface area contributed by atoms with E-state index in [1.807, 2.05) is 29.6 Å². The molecule has 5 rings (SSSR count). The van der Waals surface area contributed by atoms with Gasteiger partial charge in [0.1, 0.15) is 0 Å². The maximum absolute atomic E-state index is 12.5. The van der Waals surface area contributed by atoms with Gasteiger partial charge in [0.15, 0.2) is 5.76 Å². The van der Waals surface area contributed by atoms with Gasteiger partial charge in [-0.15, -0.1) is 16.4 Å². The summed E-state index contributed by atoms with van der Waals surface area (Å²) in [7, 11) is 0. The second kappa shape index (κ2) is 7.81. The molecule has 0 radical (unpaired) electrons. The zero-order valence-corrected chi connectivity index (χ0v) is 16.4. The van der Waals surface area contributed by atoms with Crippen LogP contribution in [0.5, 0.6) is 0 Å². The van der Waals surface area contributed by atoms with Crippen molar-refractivity contribution < 1.29 is 13.6 Å². The van der Waals surface area contributed by atoms with Crippen LogP contribution in [0.15, 0.2) is 93.3 Å². The van der Waals surface area contributed by atoms with Crippen LogP contribution < -0.4 is 5.32 Å². The number of benzene rings is 2. The fraction of sp³-hybridized carbons (Fsp3) is 0. The van der Waals surface area contributed by atoms with Crippen LogP contribution in [0, 0.1) is 0 Å². The molecule has 6 nitrogen and oxygen atoms in total. The molecule has 3 heterocycles. The number of rotatable bonds is 5. The largest absolute Gasteiger partial charge is 0.459 e. The van der Waals surface area contributed by atoms with Crippen molar-refractivity contribution in [1.82, 2.24) is 10.2 Å². The van der Waals surface area contributed by atoms with Crippen LogP contribution in [0.3, 0.4) is 0 Å². The van der Waals surface area contributed by atoms with Gasteiger partial charge in [0.2, 0.25) is 0 Å². The molecule has 1 amide bonds. The van der Waals surface area contributed by atoms with E-state index in [2.05, 4.69) is 51.9 Å². The number of aromatic nitrogens is 2. The van der Waals surface area contributed by atoms with Crippen LogP contribution in [0.4, 0.5) is 6.01 Å². The van der Waals surface area contributed by atoms with Crippen LogP contribution in [-0.4, -0.2) is 16.1 Å². The van der Waals surface area contributed by atoms with E-state index in [4.69, 9.17) is 8.83 Å². The van der Waals surface area contributed by atoms with Crippen LogP contribution in [0.25, 0.3) is 33.9 Å². The molecule has 0 fully saturated rings. The molecule has 0 aliphatic heterocycles. The van der Waals surface area contributed by atoms with Gasteiger partial charge in [0.25, 0.3) is 11.8 Å². The number of amides is 1. The summed E-state index contributed by atoms with van der Waals surface area (Å²) < 4.78 is 10.6. The van der Waals surface area contributed by atoms with Crippen LogP contribution >= 0.6 is 11.3 Å². The minimum Gasteiger partial charge on any atom is -0.459 e. The van der Waals surface area contributed by atoms with Crippen LogP contribution in [-0.2, 0) is 0 Å². The van der Waals surface area contributed by atoms with Gasteiger partial charge in [-0.3, -0.25) is 10.1 Å². The number of hydrogen-bond acceptors (Lipinski definition) is 6. The number of hydrogen-bond donors (Lipinski definition) is 1. The number of furan rings is 1. The normalized spacial score (nSPS) is 10.8. The highest BCUT2D eigenvalue weighted by Gasteiger charge is 2.16.